The van der Waals surface area contributed by atoms with Crippen LogP contribution in [0, 0.1) is 20.8 Å². The summed E-state index contributed by atoms with van der Waals surface area (Å²) in [4.78, 5) is 6.92. The second-order valence-electron chi connectivity index (χ2n) is 9.97. The summed E-state index contributed by atoms with van der Waals surface area (Å²) in [6, 6.07) is 32.5. The summed E-state index contributed by atoms with van der Waals surface area (Å²) in [6.45, 7) is 6.37. The highest BCUT2D eigenvalue weighted by molar-refractivity contribution is 9.10. The van der Waals surface area contributed by atoms with Crippen LogP contribution in [0.5, 0.6) is 11.5 Å². The Bertz CT molecular complexity index is 1680. The van der Waals surface area contributed by atoms with E-state index in [0.29, 0.717) is 5.11 Å². The van der Waals surface area contributed by atoms with Crippen LogP contribution in [-0.2, 0) is 0 Å². The number of nitrogens with one attached hydrogen (secondary N) is 1. The van der Waals surface area contributed by atoms with Gasteiger partial charge in [-0.15, -0.1) is 0 Å². The van der Waals surface area contributed by atoms with Crippen LogP contribution in [0.15, 0.2) is 108 Å². The van der Waals surface area contributed by atoms with Gasteiger partial charge < -0.3 is 19.5 Å². The van der Waals surface area contributed by atoms with Crippen LogP contribution in [-0.4, -0.2) is 14.7 Å². The van der Waals surface area contributed by atoms with Crippen molar-refractivity contribution < 1.29 is 4.74 Å². The quantitative estimate of drug-likeness (QED) is 0.196. The molecule has 5 aromatic rings. The molecule has 200 valence electrons. The Hall–Kier alpha value is -3.94. The molecule has 1 aliphatic rings. The van der Waals surface area contributed by atoms with Crippen molar-refractivity contribution in [3.63, 3.8) is 0 Å². The van der Waals surface area contributed by atoms with Gasteiger partial charge in [0.15, 0.2) is 5.11 Å². The third-order valence-electron chi connectivity index (χ3n) is 7.42. The van der Waals surface area contributed by atoms with Crippen molar-refractivity contribution in [2.75, 3.05) is 4.90 Å². The van der Waals surface area contributed by atoms with E-state index in [2.05, 4.69) is 87.0 Å². The first kappa shape index (κ1) is 26.3. The zero-order valence-electron chi connectivity index (χ0n) is 22.5. The first-order valence-electron chi connectivity index (χ1n) is 13.2. The van der Waals surface area contributed by atoms with E-state index in [0.717, 1.165) is 50.0 Å². The maximum atomic E-state index is 6.17. The molecule has 1 N–H and O–H groups in total. The fourth-order valence-electron chi connectivity index (χ4n) is 5.51. The van der Waals surface area contributed by atoms with Gasteiger partial charge in [0.2, 0.25) is 0 Å². The number of pyridine rings is 1. The molecule has 2 atom stereocenters. The number of hydrogen-bond acceptors (Lipinski definition) is 3. The molecule has 1 saturated heterocycles. The van der Waals surface area contributed by atoms with Gasteiger partial charge in [-0.3, -0.25) is 4.98 Å². The average molecular weight is 610 g/mol. The largest absolute Gasteiger partial charge is 0.457 e. The van der Waals surface area contributed by atoms with E-state index in [-0.39, 0.29) is 12.1 Å². The van der Waals surface area contributed by atoms with E-state index in [1.165, 1.54) is 5.56 Å². The van der Waals surface area contributed by atoms with E-state index in [1.807, 2.05) is 67.7 Å². The summed E-state index contributed by atoms with van der Waals surface area (Å²) in [6.07, 6.45) is 1.84. The molecule has 5 nitrogen and oxygen atoms in total. The number of aromatic nitrogens is 2. The first-order valence-corrected chi connectivity index (χ1v) is 14.4. The monoisotopic (exact) mass is 608 g/mol. The minimum atomic E-state index is -0.121. The van der Waals surface area contributed by atoms with Crippen molar-refractivity contribution in [3.8, 4) is 17.2 Å². The second kappa shape index (κ2) is 10.9. The summed E-state index contributed by atoms with van der Waals surface area (Å²) >= 11 is 9.72. The number of nitrogens with zero attached hydrogens (tertiary/aromatic N) is 3. The molecule has 0 spiro atoms. The van der Waals surface area contributed by atoms with Gasteiger partial charge in [-0.2, -0.15) is 0 Å². The van der Waals surface area contributed by atoms with Crippen molar-refractivity contribution >= 4 is 38.9 Å². The second-order valence-corrected chi connectivity index (χ2v) is 11.2. The topological polar surface area (TPSA) is 42.3 Å². The lowest BCUT2D eigenvalue weighted by Crippen LogP contribution is -2.29. The highest BCUT2D eigenvalue weighted by Gasteiger charge is 2.42. The van der Waals surface area contributed by atoms with E-state index >= 15 is 0 Å². The van der Waals surface area contributed by atoms with Crippen molar-refractivity contribution in [3.05, 3.63) is 136 Å². The first-order chi connectivity index (χ1) is 19.4. The Morgan fingerprint density at radius 3 is 2.33 bits per heavy atom. The third kappa shape index (κ3) is 4.80. The number of benzene rings is 3. The van der Waals surface area contributed by atoms with Crippen LogP contribution in [0.1, 0.15) is 40.3 Å². The Morgan fingerprint density at radius 2 is 1.60 bits per heavy atom. The van der Waals surface area contributed by atoms with Gasteiger partial charge in [-0.1, -0.05) is 36.4 Å². The lowest BCUT2D eigenvalue weighted by atomic mass is 9.96. The fraction of sp³-hybridized carbons (Fsp3) is 0.152. The number of rotatable bonds is 6. The van der Waals surface area contributed by atoms with Crippen molar-refractivity contribution in [1.82, 2.24) is 14.9 Å². The molecule has 0 bridgehead atoms. The molecule has 3 heterocycles. The minimum Gasteiger partial charge on any atom is -0.457 e. The average Bonchev–Trinajstić information content (AvgIpc) is 3.46. The molecule has 0 unspecified atom stereocenters. The molecule has 2 aromatic heterocycles. The van der Waals surface area contributed by atoms with Gasteiger partial charge in [0, 0.05) is 27.7 Å². The van der Waals surface area contributed by atoms with Gasteiger partial charge in [-0.05, 0) is 121 Å². The standard InChI is InChI=1S/C33H29BrN4OS/c1-21-10-4-7-14-30(21)39-25-17-15-24(16-18-25)38-32(31(36-33(38)40)28-12-8-9-19-35-28)26-20-22(2)37(23(26)3)29-13-6-5-11-27(29)34/h4-20,31-32H,1-3H3,(H,36,40)/t31-,32-/m1/s1. The van der Waals surface area contributed by atoms with E-state index < -0.39 is 0 Å². The summed E-state index contributed by atoms with van der Waals surface area (Å²) in [5, 5.41) is 4.25. The van der Waals surface area contributed by atoms with Crippen LogP contribution in [0.4, 0.5) is 5.69 Å². The SMILES string of the molecule is Cc1ccccc1Oc1ccc(N2C(=S)N[C@H](c3ccccn3)[C@H]2c2cc(C)n(-c3ccccc3Br)c2C)cc1. The molecular weight excluding hydrogens is 580 g/mol. The Kier molecular flexibility index (Phi) is 7.17. The maximum Gasteiger partial charge on any atom is 0.174 e. The van der Waals surface area contributed by atoms with Crippen LogP contribution >= 0.6 is 28.1 Å². The van der Waals surface area contributed by atoms with Crippen molar-refractivity contribution in [2.45, 2.75) is 32.9 Å². The fourth-order valence-corrected chi connectivity index (χ4v) is 6.32. The highest BCUT2D eigenvalue weighted by Crippen LogP contribution is 2.44. The summed E-state index contributed by atoms with van der Waals surface area (Å²) in [5.41, 5.74) is 7.64. The van der Waals surface area contributed by atoms with Crippen LogP contribution in [0.2, 0.25) is 0 Å². The smallest absolute Gasteiger partial charge is 0.174 e. The molecule has 0 saturated carbocycles. The molecule has 1 aliphatic heterocycles. The van der Waals surface area contributed by atoms with E-state index in [1.54, 1.807) is 0 Å². The summed E-state index contributed by atoms with van der Waals surface area (Å²) in [7, 11) is 0. The molecular formula is C33H29BrN4OS. The van der Waals surface area contributed by atoms with Crippen LogP contribution in [0.3, 0.4) is 0 Å². The van der Waals surface area contributed by atoms with E-state index in [9.17, 15) is 0 Å². The highest BCUT2D eigenvalue weighted by atomic mass is 79.9. The van der Waals surface area contributed by atoms with Crippen molar-refractivity contribution in [1.29, 1.82) is 0 Å². The van der Waals surface area contributed by atoms with E-state index in [4.69, 9.17) is 21.9 Å². The number of halogens is 1. The number of hydrogen-bond donors (Lipinski definition) is 1. The molecule has 0 amide bonds. The summed E-state index contributed by atoms with van der Waals surface area (Å²) < 4.78 is 9.52. The van der Waals surface area contributed by atoms with Gasteiger partial charge in [0.25, 0.3) is 0 Å². The van der Waals surface area contributed by atoms with Gasteiger partial charge >= 0.3 is 0 Å². The Morgan fingerprint density at radius 1 is 0.875 bits per heavy atom. The van der Waals surface area contributed by atoms with Crippen LogP contribution < -0.4 is 15.0 Å². The molecule has 1 fully saturated rings. The summed E-state index contributed by atoms with van der Waals surface area (Å²) in [5.74, 6) is 1.63. The van der Waals surface area contributed by atoms with Crippen molar-refractivity contribution in [2.24, 2.45) is 0 Å². The minimum absolute atomic E-state index is 0.104. The lowest BCUT2D eigenvalue weighted by Gasteiger charge is -2.28. The predicted octanol–water partition coefficient (Wildman–Crippen LogP) is 8.53. The lowest BCUT2D eigenvalue weighted by molar-refractivity contribution is 0.479. The number of anilines is 1. The number of para-hydroxylation sites is 2. The molecule has 6 rings (SSSR count). The normalized spacial score (nSPS) is 16.7. The number of ether oxygens (including phenoxy) is 1. The number of aryl methyl sites for hydroxylation is 2. The zero-order valence-corrected chi connectivity index (χ0v) is 24.9. The molecule has 0 radical (unpaired) electrons. The Balaban J connectivity index is 1.42. The molecule has 40 heavy (non-hydrogen) atoms. The number of thiocarbonyl (C=S) groups is 1. The predicted molar refractivity (Wildman–Crippen MR) is 169 cm³/mol. The molecule has 0 aliphatic carbocycles. The Labute approximate surface area is 248 Å². The van der Waals surface area contributed by atoms with Gasteiger partial charge in [0.1, 0.15) is 11.5 Å². The zero-order chi connectivity index (χ0) is 27.8. The molecule has 3 aromatic carbocycles. The van der Waals surface area contributed by atoms with Crippen LogP contribution in [0.25, 0.3) is 5.69 Å². The maximum absolute atomic E-state index is 6.17. The molecule has 7 heteroatoms. The van der Waals surface area contributed by atoms with Gasteiger partial charge in [-0.25, -0.2) is 0 Å². The third-order valence-corrected chi connectivity index (χ3v) is 8.40. The van der Waals surface area contributed by atoms with Gasteiger partial charge in [0.05, 0.1) is 23.5 Å².